The number of nitrogens with zero attached hydrogens (tertiary/aromatic N) is 3. The zero-order valence-corrected chi connectivity index (χ0v) is 8.35. The molecule has 78 valence electrons. The molecule has 1 aromatic rings. The van der Waals surface area contributed by atoms with Gasteiger partial charge in [-0.15, -0.1) is 0 Å². The predicted octanol–water partition coefficient (Wildman–Crippen LogP) is 0.151. The molecule has 5 nitrogen and oxygen atoms in total. The van der Waals surface area contributed by atoms with E-state index in [-0.39, 0.29) is 5.69 Å². The topological polar surface area (TPSA) is 49.0 Å². The zero-order chi connectivity index (χ0) is 9.97. The summed E-state index contributed by atoms with van der Waals surface area (Å²) in [5.41, 5.74) is -0.0528. The molecule has 2 rings (SSSR count). The van der Waals surface area contributed by atoms with Crippen LogP contribution in [0.1, 0.15) is 19.3 Å². The van der Waals surface area contributed by atoms with Crippen molar-refractivity contribution in [1.29, 1.82) is 0 Å². The second-order valence-electron chi connectivity index (χ2n) is 3.67. The molecule has 14 heavy (non-hydrogen) atoms. The summed E-state index contributed by atoms with van der Waals surface area (Å²) in [6, 6.07) is 0. The summed E-state index contributed by atoms with van der Waals surface area (Å²) in [5.74, 6) is 0. The third-order valence-corrected chi connectivity index (χ3v) is 2.57. The largest absolute Gasteiger partial charge is 0.378 e. The van der Waals surface area contributed by atoms with Gasteiger partial charge < -0.3 is 4.74 Å². The maximum absolute atomic E-state index is 11.4. The fourth-order valence-corrected chi connectivity index (χ4v) is 1.71. The minimum Gasteiger partial charge on any atom is -0.378 e. The van der Waals surface area contributed by atoms with Crippen LogP contribution in [-0.4, -0.2) is 27.1 Å². The minimum absolute atomic E-state index is 0.0528. The Morgan fingerprint density at radius 3 is 3.14 bits per heavy atom. The fourth-order valence-electron chi connectivity index (χ4n) is 1.71. The van der Waals surface area contributed by atoms with Crippen LogP contribution >= 0.6 is 0 Å². The Kier molecular flexibility index (Phi) is 2.67. The van der Waals surface area contributed by atoms with E-state index in [2.05, 4.69) is 5.10 Å². The van der Waals surface area contributed by atoms with Crippen LogP contribution in [0.4, 0.5) is 0 Å². The highest BCUT2D eigenvalue weighted by molar-refractivity contribution is 4.68. The summed E-state index contributed by atoms with van der Waals surface area (Å²) in [7, 11) is 1.71. The van der Waals surface area contributed by atoms with Gasteiger partial charge in [-0.05, 0) is 19.3 Å². The second kappa shape index (κ2) is 3.96. The molecule has 0 N–H and O–H groups in total. The quantitative estimate of drug-likeness (QED) is 0.693. The monoisotopic (exact) mass is 197 g/mol. The van der Waals surface area contributed by atoms with Crippen LogP contribution in [0, 0.1) is 0 Å². The van der Waals surface area contributed by atoms with Gasteiger partial charge in [0.05, 0.1) is 6.10 Å². The van der Waals surface area contributed by atoms with Gasteiger partial charge in [0.25, 0.3) is 0 Å². The van der Waals surface area contributed by atoms with Crippen LogP contribution in [0.2, 0.25) is 0 Å². The van der Waals surface area contributed by atoms with E-state index >= 15 is 0 Å². The number of rotatable bonds is 3. The molecule has 1 atom stereocenters. The molecule has 1 aliphatic heterocycles. The van der Waals surface area contributed by atoms with E-state index in [4.69, 9.17) is 4.74 Å². The number of aromatic nitrogens is 3. The van der Waals surface area contributed by atoms with Gasteiger partial charge in [-0.2, -0.15) is 5.10 Å². The minimum atomic E-state index is -0.0528. The third kappa shape index (κ3) is 1.87. The smallest absolute Gasteiger partial charge is 0.345 e. The van der Waals surface area contributed by atoms with Crippen LogP contribution in [-0.2, 0) is 18.3 Å². The molecule has 0 bridgehead atoms. The van der Waals surface area contributed by atoms with Crippen molar-refractivity contribution in [3.05, 3.63) is 16.8 Å². The van der Waals surface area contributed by atoms with Gasteiger partial charge in [0.1, 0.15) is 6.33 Å². The molecule has 5 heteroatoms. The maximum Gasteiger partial charge on any atom is 0.345 e. The third-order valence-electron chi connectivity index (χ3n) is 2.57. The first-order valence-electron chi connectivity index (χ1n) is 4.97. The van der Waals surface area contributed by atoms with E-state index in [9.17, 15) is 4.79 Å². The van der Waals surface area contributed by atoms with E-state index in [1.54, 1.807) is 7.05 Å². The highest BCUT2D eigenvalue weighted by Gasteiger charge is 2.15. The molecule has 1 saturated heterocycles. The van der Waals surface area contributed by atoms with Crippen LogP contribution in [0.15, 0.2) is 11.1 Å². The summed E-state index contributed by atoms with van der Waals surface area (Å²) >= 11 is 0. The lowest BCUT2D eigenvalue weighted by molar-refractivity contribution is 0.0991. The van der Waals surface area contributed by atoms with Gasteiger partial charge in [-0.25, -0.2) is 9.48 Å². The average molecular weight is 197 g/mol. The van der Waals surface area contributed by atoms with Crippen LogP contribution in [0.3, 0.4) is 0 Å². The van der Waals surface area contributed by atoms with Crippen molar-refractivity contribution in [2.24, 2.45) is 7.05 Å². The molecular formula is C9H15N3O2. The molecule has 0 radical (unpaired) electrons. The van der Waals surface area contributed by atoms with Crippen molar-refractivity contribution in [1.82, 2.24) is 14.3 Å². The SMILES string of the molecule is Cn1cnn(CCC2CCCO2)c1=O. The maximum atomic E-state index is 11.4. The molecular weight excluding hydrogens is 182 g/mol. The Hall–Kier alpha value is -1.10. The van der Waals surface area contributed by atoms with Crippen LogP contribution < -0.4 is 5.69 Å². The lowest BCUT2D eigenvalue weighted by Crippen LogP contribution is -2.24. The van der Waals surface area contributed by atoms with E-state index < -0.39 is 0 Å². The van der Waals surface area contributed by atoms with Crippen molar-refractivity contribution in [2.75, 3.05) is 6.61 Å². The van der Waals surface area contributed by atoms with Gasteiger partial charge in [-0.1, -0.05) is 0 Å². The Bertz CT molecular complexity index is 349. The van der Waals surface area contributed by atoms with Gasteiger partial charge in [0.15, 0.2) is 0 Å². The molecule has 1 aliphatic rings. The number of aryl methyl sites for hydroxylation is 2. The first-order valence-corrected chi connectivity index (χ1v) is 4.97. The van der Waals surface area contributed by atoms with Gasteiger partial charge in [0.2, 0.25) is 0 Å². The summed E-state index contributed by atoms with van der Waals surface area (Å²) in [5, 5.41) is 3.99. The Morgan fingerprint density at radius 1 is 1.71 bits per heavy atom. The average Bonchev–Trinajstić information content (AvgIpc) is 2.77. The normalized spacial score (nSPS) is 21.6. The summed E-state index contributed by atoms with van der Waals surface area (Å²) in [6.07, 6.45) is 5.00. The van der Waals surface area contributed by atoms with E-state index in [0.717, 1.165) is 25.9 Å². The van der Waals surface area contributed by atoms with E-state index in [1.165, 1.54) is 15.6 Å². The van der Waals surface area contributed by atoms with E-state index in [1.807, 2.05) is 0 Å². The van der Waals surface area contributed by atoms with Gasteiger partial charge in [-0.3, -0.25) is 4.57 Å². The molecule has 0 aromatic carbocycles. The summed E-state index contributed by atoms with van der Waals surface area (Å²) in [4.78, 5) is 11.4. The highest BCUT2D eigenvalue weighted by atomic mass is 16.5. The van der Waals surface area contributed by atoms with E-state index in [0.29, 0.717) is 12.6 Å². The molecule has 0 saturated carbocycles. The van der Waals surface area contributed by atoms with Gasteiger partial charge in [0, 0.05) is 20.2 Å². The van der Waals surface area contributed by atoms with Crippen molar-refractivity contribution in [2.45, 2.75) is 31.9 Å². The number of hydrogen-bond donors (Lipinski definition) is 0. The first kappa shape index (κ1) is 9.45. The Morgan fingerprint density at radius 2 is 2.57 bits per heavy atom. The molecule has 0 amide bonds. The lowest BCUT2D eigenvalue weighted by atomic mass is 10.2. The van der Waals surface area contributed by atoms with Crippen LogP contribution in [0.5, 0.6) is 0 Å². The molecule has 1 unspecified atom stereocenters. The molecule has 1 aromatic heterocycles. The fraction of sp³-hybridized carbons (Fsp3) is 0.778. The van der Waals surface area contributed by atoms with Gasteiger partial charge >= 0.3 is 5.69 Å². The zero-order valence-electron chi connectivity index (χ0n) is 8.35. The summed E-state index contributed by atoms with van der Waals surface area (Å²) < 4.78 is 8.44. The number of ether oxygens (including phenoxy) is 1. The molecule has 0 spiro atoms. The lowest BCUT2D eigenvalue weighted by Gasteiger charge is -2.07. The summed E-state index contributed by atoms with van der Waals surface area (Å²) in [6.45, 7) is 1.52. The van der Waals surface area contributed by atoms with Crippen molar-refractivity contribution in [3.8, 4) is 0 Å². The molecule has 1 fully saturated rings. The molecule has 0 aliphatic carbocycles. The van der Waals surface area contributed by atoms with Crippen molar-refractivity contribution in [3.63, 3.8) is 0 Å². The highest BCUT2D eigenvalue weighted by Crippen LogP contribution is 2.15. The molecule has 2 heterocycles. The predicted molar refractivity (Wildman–Crippen MR) is 51.1 cm³/mol. The number of hydrogen-bond acceptors (Lipinski definition) is 3. The Balaban J connectivity index is 1.91. The van der Waals surface area contributed by atoms with Crippen molar-refractivity contribution >= 4 is 0 Å². The van der Waals surface area contributed by atoms with Crippen molar-refractivity contribution < 1.29 is 4.74 Å². The van der Waals surface area contributed by atoms with Crippen LogP contribution in [0.25, 0.3) is 0 Å². The second-order valence-corrected chi connectivity index (χ2v) is 3.67. The first-order chi connectivity index (χ1) is 6.77. The standard InChI is InChI=1S/C9H15N3O2/c1-11-7-10-12(9(11)13)5-4-8-3-2-6-14-8/h7-8H,2-6H2,1H3. The Labute approximate surface area is 82.3 Å².